The minimum atomic E-state index is -0.767. The van der Waals surface area contributed by atoms with Crippen molar-refractivity contribution in [2.45, 2.75) is 51.2 Å². The second-order valence-electron chi connectivity index (χ2n) is 5.17. The molecule has 17 heavy (non-hydrogen) atoms. The maximum atomic E-state index is 9.69. The highest BCUT2D eigenvalue weighted by Crippen LogP contribution is 2.18. The first-order valence-corrected chi connectivity index (χ1v) is 6.88. The van der Waals surface area contributed by atoms with Crippen LogP contribution in [0.4, 0.5) is 0 Å². The monoisotopic (exact) mass is 245 g/mol. The minimum Gasteiger partial charge on any atom is -0.396 e. The Labute approximate surface area is 104 Å². The molecule has 1 aliphatic rings. The smallest absolute Gasteiger partial charge is 0.0929 e. The van der Waals surface area contributed by atoms with E-state index in [0.29, 0.717) is 13.1 Å². The van der Waals surface area contributed by atoms with Crippen LogP contribution in [-0.4, -0.2) is 58.7 Å². The standard InChI is InChI=1S/C13H27NO3/c1-2-3-4-5-6-7-14-8-11(10-15)13(17)12(16)9-14/h11-13,15-17H,2-10H2,1H3/t11-,12-,13-/m1/s1. The molecule has 0 saturated carbocycles. The molecule has 4 nitrogen and oxygen atoms in total. The largest absolute Gasteiger partial charge is 0.396 e. The zero-order valence-corrected chi connectivity index (χ0v) is 10.9. The normalized spacial score (nSPS) is 30.7. The lowest BCUT2D eigenvalue weighted by atomic mass is 9.93. The molecule has 1 fully saturated rings. The quantitative estimate of drug-likeness (QED) is 0.575. The number of nitrogens with zero attached hydrogens (tertiary/aromatic N) is 1. The summed E-state index contributed by atoms with van der Waals surface area (Å²) in [5, 5.41) is 28.5. The molecule has 1 rings (SSSR count). The summed E-state index contributed by atoms with van der Waals surface area (Å²) < 4.78 is 0. The average Bonchev–Trinajstić information content (AvgIpc) is 2.33. The molecule has 3 atom stereocenters. The van der Waals surface area contributed by atoms with E-state index in [-0.39, 0.29) is 12.5 Å². The molecule has 0 unspecified atom stereocenters. The summed E-state index contributed by atoms with van der Waals surface area (Å²) in [6, 6.07) is 0. The fraction of sp³-hybridized carbons (Fsp3) is 1.00. The Balaban J connectivity index is 2.20. The Morgan fingerprint density at radius 2 is 1.76 bits per heavy atom. The summed E-state index contributed by atoms with van der Waals surface area (Å²) in [6.45, 7) is 4.34. The summed E-state index contributed by atoms with van der Waals surface area (Å²) in [5.41, 5.74) is 0. The number of unbranched alkanes of at least 4 members (excludes halogenated alkanes) is 4. The van der Waals surface area contributed by atoms with Gasteiger partial charge in [0.2, 0.25) is 0 Å². The van der Waals surface area contributed by atoms with Crippen LogP contribution in [0.3, 0.4) is 0 Å². The van der Waals surface area contributed by atoms with Gasteiger partial charge in [-0.25, -0.2) is 0 Å². The number of aliphatic hydroxyl groups excluding tert-OH is 3. The van der Waals surface area contributed by atoms with Crippen molar-refractivity contribution in [1.82, 2.24) is 4.90 Å². The Morgan fingerprint density at radius 1 is 1.06 bits per heavy atom. The first-order chi connectivity index (χ1) is 8.19. The molecular formula is C13H27NO3. The van der Waals surface area contributed by atoms with Gasteiger partial charge in [-0.3, -0.25) is 0 Å². The Morgan fingerprint density at radius 3 is 2.41 bits per heavy atom. The molecule has 0 spiro atoms. The number of β-amino-alcohol motifs (C(OH)–C–C–N with tert-alkyl or cyclic N) is 1. The predicted molar refractivity (Wildman–Crippen MR) is 67.8 cm³/mol. The Hall–Kier alpha value is -0.160. The van der Waals surface area contributed by atoms with Gasteiger partial charge in [-0.1, -0.05) is 32.6 Å². The van der Waals surface area contributed by atoms with E-state index < -0.39 is 12.2 Å². The summed E-state index contributed by atoms with van der Waals surface area (Å²) in [6.07, 6.45) is 4.71. The van der Waals surface area contributed by atoms with Crippen LogP contribution in [0.15, 0.2) is 0 Å². The first kappa shape index (κ1) is 14.9. The molecule has 0 bridgehead atoms. The third kappa shape index (κ3) is 4.92. The van der Waals surface area contributed by atoms with E-state index in [0.717, 1.165) is 13.0 Å². The van der Waals surface area contributed by atoms with Crippen LogP contribution < -0.4 is 0 Å². The maximum absolute atomic E-state index is 9.69. The van der Waals surface area contributed by atoms with E-state index in [2.05, 4.69) is 11.8 Å². The number of piperidine rings is 1. The second kappa shape index (κ2) is 8.03. The summed E-state index contributed by atoms with van der Waals surface area (Å²) in [7, 11) is 0. The topological polar surface area (TPSA) is 63.9 Å². The van der Waals surface area contributed by atoms with Crippen LogP contribution in [0.5, 0.6) is 0 Å². The molecule has 4 heteroatoms. The van der Waals surface area contributed by atoms with E-state index in [9.17, 15) is 10.2 Å². The molecule has 1 aliphatic heterocycles. The van der Waals surface area contributed by atoms with Crippen molar-refractivity contribution in [2.24, 2.45) is 5.92 Å². The van der Waals surface area contributed by atoms with E-state index in [4.69, 9.17) is 5.11 Å². The van der Waals surface area contributed by atoms with E-state index >= 15 is 0 Å². The van der Waals surface area contributed by atoms with Crippen molar-refractivity contribution in [2.75, 3.05) is 26.2 Å². The number of rotatable bonds is 7. The molecule has 0 aromatic carbocycles. The lowest BCUT2D eigenvalue weighted by molar-refractivity contribution is -0.0861. The second-order valence-corrected chi connectivity index (χ2v) is 5.17. The number of hydrogen-bond donors (Lipinski definition) is 3. The number of aliphatic hydroxyl groups is 3. The van der Waals surface area contributed by atoms with Gasteiger partial charge in [-0.15, -0.1) is 0 Å². The van der Waals surface area contributed by atoms with Gasteiger partial charge in [0, 0.05) is 25.6 Å². The van der Waals surface area contributed by atoms with Gasteiger partial charge in [0.25, 0.3) is 0 Å². The molecule has 1 heterocycles. The lowest BCUT2D eigenvalue weighted by Crippen LogP contribution is -2.53. The Bertz CT molecular complexity index is 201. The van der Waals surface area contributed by atoms with Crippen molar-refractivity contribution in [3.8, 4) is 0 Å². The molecule has 3 N–H and O–H groups in total. The van der Waals surface area contributed by atoms with Crippen molar-refractivity contribution < 1.29 is 15.3 Å². The SMILES string of the molecule is CCCCCCCN1C[C@H](CO)[C@@H](O)[C@H](O)C1. The van der Waals surface area contributed by atoms with Crippen molar-refractivity contribution in [1.29, 1.82) is 0 Å². The van der Waals surface area contributed by atoms with Gasteiger partial charge in [0.15, 0.2) is 0 Å². The lowest BCUT2D eigenvalue weighted by Gasteiger charge is -2.38. The van der Waals surface area contributed by atoms with Crippen LogP contribution in [0, 0.1) is 5.92 Å². The third-order valence-electron chi connectivity index (χ3n) is 3.63. The van der Waals surface area contributed by atoms with Crippen molar-refractivity contribution in [3.63, 3.8) is 0 Å². The molecule has 1 saturated heterocycles. The fourth-order valence-electron chi connectivity index (χ4n) is 2.49. The maximum Gasteiger partial charge on any atom is 0.0929 e. The van der Waals surface area contributed by atoms with Crippen LogP contribution in [0.2, 0.25) is 0 Å². The van der Waals surface area contributed by atoms with Crippen molar-refractivity contribution >= 4 is 0 Å². The molecule has 0 aliphatic carbocycles. The van der Waals surface area contributed by atoms with Gasteiger partial charge in [-0.2, -0.15) is 0 Å². The molecule has 0 aromatic heterocycles. The first-order valence-electron chi connectivity index (χ1n) is 6.88. The van der Waals surface area contributed by atoms with Crippen LogP contribution in [0.25, 0.3) is 0 Å². The van der Waals surface area contributed by atoms with Gasteiger partial charge < -0.3 is 20.2 Å². The molecule has 0 amide bonds. The Kier molecular flexibility index (Phi) is 7.04. The fourth-order valence-corrected chi connectivity index (χ4v) is 2.49. The average molecular weight is 245 g/mol. The molecule has 0 radical (unpaired) electrons. The van der Waals surface area contributed by atoms with Gasteiger partial charge >= 0.3 is 0 Å². The molecule has 102 valence electrons. The highest BCUT2D eigenvalue weighted by Gasteiger charge is 2.33. The molecular weight excluding hydrogens is 218 g/mol. The van der Waals surface area contributed by atoms with Crippen LogP contribution >= 0.6 is 0 Å². The van der Waals surface area contributed by atoms with Crippen LogP contribution in [-0.2, 0) is 0 Å². The van der Waals surface area contributed by atoms with Crippen molar-refractivity contribution in [3.05, 3.63) is 0 Å². The van der Waals surface area contributed by atoms with Crippen LogP contribution in [0.1, 0.15) is 39.0 Å². The van der Waals surface area contributed by atoms with Gasteiger partial charge in [0.1, 0.15) is 0 Å². The summed E-state index contributed by atoms with van der Waals surface area (Å²) >= 11 is 0. The summed E-state index contributed by atoms with van der Waals surface area (Å²) in [4.78, 5) is 2.16. The number of likely N-dealkylation sites (tertiary alicyclic amines) is 1. The van der Waals surface area contributed by atoms with E-state index in [1.165, 1.54) is 25.7 Å². The third-order valence-corrected chi connectivity index (χ3v) is 3.63. The zero-order chi connectivity index (χ0) is 12.7. The van der Waals surface area contributed by atoms with E-state index in [1.54, 1.807) is 0 Å². The van der Waals surface area contributed by atoms with Gasteiger partial charge in [-0.05, 0) is 13.0 Å². The predicted octanol–water partition coefficient (Wildman–Crippen LogP) is 0.603. The van der Waals surface area contributed by atoms with Gasteiger partial charge in [0.05, 0.1) is 12.2 Å². The minimum absolute atomic E-state index is 0.0510. The summed E-state index contributed by atoms with van der Waals surface area (Å²) in [5.74, 6) is -0.200. The highest BCUT2D eigenvalue weighted by atomic mass is 16.3. The molecule has 0 aromatic rings. The zero-order valence-electron chi connectivity index (χ0n) is 10.9. The van der Waals surface area contributed by atoms with E-state index in [1.807, 2.05) is 0 Å². The number of hydrogen-bond acceptors (Lipinski definition) is 4. The highest BCUT2D eigenvalue weighted by molar-refractivity contribution is 4.86.